The van der Waals surface area contributed by atoms with Crippen molar-refractivity contribution in [1.29, 1.82) is 0 Å². The van der Waals surface area contributed by atoms with Crippen molar-refractivity contribution in [1.82, 2.24) is 9.88 Å². The minimum absolute atomic E-state index is 0.140. The van der Waals surface area contributed by atoms with E-state index in [1.165, 1.54) is 0 Å². The highest BCUT2D eigenvalue weighted by Crippen LogP contribution is 2.31. The summed E-state index contributed by atoms with van der Waals surface area (Å²) in [6.07, 6.45) is 3.94. The maximum Gasteiger partial charge on any atom is 0.251 e. The van der Waals surface area contributed by atoms with E-state index in [0.717, 1.165) is 31.2 Å². The van der Waals surface area contributed by atoms with Gasteiger partial charge in [-0.3, -0.25) is 9.59 Å². The SMILES string of the molecule is CCC1CCCN1C(=O)CCc1cc2cc(OC)c(OC)cc2[nH]c1=O. The molecule has 6 heteroatoms. The number of nitrogens with one attached hydrogen (secondary N) is 1. The Kier molecular flexibility index (Phi) is 5.49. The summed E-state index contributed by atoms with van der Waals surface area (Å²) in [5, 5.41) is 0.859. The van der Waals surface area contributed by atoms with Gasteiger partial charge < -0.3 is 19.4 Å². The fourth-order valence-corrected chi connectivity index (χ4v) is 3.74. The van der Waals surface area contributed by atoms with E-state index in [-0.39, 0.29) is 11.5 Å². The van der Waals surface area contributed by atoms with Crippen LogP contribution in [0.25, 0.3) is 10.9 Å². The lowest BCUT2D eigenvalue weighted by atomic mass is 10.1. The van der Waals surface area contributed by atoms with E-state index in [1.54, 1.807) is 20.3 Å². The zero-order valence-corrected chi connectivity index (χ0v) is 15.6. The summed E-state index contributed by atoms with van der Waals surface area (Å²) in [6.45, 7) is 2.95. The molecule has 2 aromatic rings. The molecule has 1 N–H and O–H groups in total. The number of ether oxygens (including phenoxy) is 2. The summed E-state index contributed by atoms with van der Waals surface area (Å²) in [5.74, 6) is 1.32. The quantitative estimate of drug-likeness (QED) is 0.862. The number of fused-ring (bicyclic) bond motifs is 1. The molecule has 1 saturated heterocycles. The number of carbonyl (C=O) groups excluding carboxylic acids is 1. The van der Waals surface area contributed by atoms with Crippen LogP contribution in [0.15, 0.2) is 23.0 Å². The average molecular weight is 358 g/mol. The molecule has 0 aliphatic carbocycles. The normalized spacial score (nSPS) is 16.9. The van der Waals surface area contributed by atoms with Crippen LogP contribution in [0.3, 0.4) is 0 Å². The van der Waals surface area contributed by atoms with Crippen molar-refractivity contribution in [3.05, 3.63) is 34.1 Å². The molecular weight excluding hydrogens is 332 g/mol. The number of methoxy groups -OCH3 is 2. The maximum atomic E-state index is 12.5. The van der Waals surface area contributed by atoms with E-state index in [4.69, 9.17) is 9.47 Å². The van der Waals surface area contributed by atoms with Crippen LogP contribution in [-0.4, -0.2) is 42.6 Å². The molecule has 0 spiro atoms. The van der Waals surface area contributed by atoms with E-state index >= 15 is 0 Å². The summed E-state index contributed by atoms with van der Waals surface area (Å²) < 4.78 is 10.6. The van der Waals surface area contributed by atoms with Crippen LogP contribution in [0.2, 0.25) is 0 Å². The molecule has 3 rings (SSSR count). The third-order valence-electron chi connectivity index (χ3n) is 5.20. The molecule has 1 aliphatic heterocycles. The van der Waals surface area contributed by atoms with Gasteiger partial charge in [0.2, 0.25) is 5.91 Å². The summed E-state index contributed by atoms with van der Waals surface area (Å²) >= 11 is 0. The zero-order valence-electron chi connectivity index (χ0n) is 15.6. The number of rotatable bonds is 6. The van der Waals surface area contributed by atoms with E-state index in [0.29, 0.717) is 41.5 Å². The number of aryl methyl sites for hydroxylation is 1. The summed E-state index contributed by atoms with van der Waals surface area (Å²) in [7, 11) is 3.14. The molecule has 2 heterocycles. The van der Waals surface area contributed by atoms with Crippen LogP contribution in [0.5, 0.6) is 11.5 Å². The van der Waals surface area contributed by atoms with Gasteiger partial charge in [-0.05, 0) is 37.8 Å². The highest BCUT2D eigenvalue weighted by atomic mass is 16.5. The molecule has 0 bridgehead atoms. The summed E-state index contributed by atoms with van der Waals surface area (Å²) in [6, 6.07) is 5.78. The molecular formula is C20H26N2O4. The molecule has 1 fully saturated rings. The molecule has 6 nitrogen and oxygen atoms in total. The fraction of sp³-hybridized carbons (Fsp3) is 0.500. The highest BCUT2D eigenvalue weighted by Gasteiger charge is 2.26. The lowest BCUT2D eigenvalue weighted by Gasteiger charge is -2.23. The van der Waals surface area contributed by atoms with Crippen molar-refractivity contribution in [3.8, 4) is 11.5 Å². The average Bonchev–Trinajstić information content (AvgIpc) is 3.14. The molecule has 1 unspecified atom stereocenters. The summed E-state index contributed by atoms with van der Waals surface area (Å²) in [5.41, 5.74) is 1.14. The van der Waals surface area contributed by atoms with Crippen LogP contribution in [0, 0.1) is 0 Å². The van der Waals surface area contributed by atoms with Crippen molar-refractivity contribution in [2.75, 3.05) is 20.8 Å². The Labute approximate surface area is 153 Å². The predicted molar refractivity (Wildman–Crippen MR) is 101 cm³/mol. The predicted octanol–water partition coefficient (Wildman–Crippen LogP) is 2.88. The number of carbonyl (C=O) groups is 1. The van der Waals surface area contributed by atoms with Gasteiger partial charge in [-0.1, -0.05) is 6.92 Å². The van der Waals surface area contributed by atoms with Crippen molar-refractivity contribution < 1.29 is 14.3 Å². The van der Waals surface area contributed by atoms with Crippen LogP contribution < -0.4 is 15.0 Å². The Morgan fingerprint density at radius 3 is 2.65 bits per heavy atom. The first-order chi connectivity index (χ1) is 12.6. The minimum atomic E-state index is -0.161. The minimum Gasteiger partial charge on any atom is -0.493 e. The number of benzene rings is 1. The smallest absolute Gasteiger partial charge is 0.251 e. The Morgan fingerprint density at radius 2 is 1.96 bits per heavy atom. The van der Waals surface area contributed by atoms with Gasteiger partial charge in [-0.25, -0.2) is 0 Å². The first-order valence-electron chi connectivity index (χ1n) is 9.14. The largest absolute Gasteiger partial charge is 0.493 e. The number of likely N-dealkylation sites (tertiary alicyclic amines) is 1. The number of hydrogen-bond donors (Lipinski definition) is 1. The number of H-pyrrole nitrogens is 1. The van der Waals surface area contributed by atoms with E-state index in [1.807, 2.05) is 17.0 Å². The Hall–Kier alpha value is -2.50. The molecule has 1 aliphatic rings. The van der Waals surface area contributed by atoms with Gasteiger partial charge in [0.25, 0.3) is 5.56 Å². The first-order valence-corrected chi connectivity index (χ1v) is 9.14. The van der Waals surface area contributed by atoms with Crippen LogP contribution >= 0.6 is 0 Å². The number of nitrogens with zero attached hydrogens (tertiary/aromatic N) is 1. The van der Waals surface area contributed by atoms with Gasteiger partial charge in [0, 0.05) is 36.0 Å². The van der Waals surface area contributed by atoms with E-state index in [2.05, 4.69) is 11.9 Å². The number of aromatic nitrogens is 1. The second-order valence-electron chi connectivity index (χ2n) is 6.71. The maximum absolute atomic E-state index is 12.5. The first kappa shape index (κ1) is 18.3. The molecule has 0 radical (unpaired) electrons. The molecule has 1 aromatic carbocycles. The molecule has 1 amide bonds. The highest BCUT2D eigenvalue weighted by molar-refractivity contribution is 5.83. The van der Waals surface area contributed by atoms with E-state index < -0.39 is 0 Å². The Balaban J connectivity index is 1.80. The van der Waals surface area contributed by atoms with Crippen molar-refractivity contribution in [3.63, 3.8) is 0 Å². The van der Waals surface area contributed by atoms with Gasteiger partial charge in [-0.2, -0.15) is 0 Å². The molecule has 1 atom stereocenters. The van der Waals surface area contributed by atoms with Crippen LogP contribution in [0.1, 0.15) is 38.2 Å². The molecule has 140 valence electrons. The van der Waals surface area contributed by atoms with Gasteiger partial charge >= 0.3 is 0 Å². The third-order valence-corrected chi connectivity index (χ3v) is 5.20. The number of hydrogen-bond acceptors (Lipinski definition) is 4. The lowest BCUT2D eigenvalue weighted by molar-refractivity contribution is -0.132. The monoisotopic (exact) mass is 358 g/mol. The fourth-order valence-electron chi connectivity index (χ4n) is 3.74. The molecule has 0 saturated carbocycles. The van der Waals surface area contributed by atoms with E-state index in [9.17, 15) is 9.59 Å². The van der Waals surface area contributed by atoms with Crippen molar-refractivity contribution >= 4 is 16.8 Å². The van der Waals surface area contributed by atoms with Crippen molar-refractivity contribution in [2.45, 2.75) is 45.1 Å². The summed E-state index contributed by atoms with van der Waals surface area (Å²) in [4.78, 5) is 29.8. The third kappa shape index (κ3) is 3.54. The van der Waals surface area contributed by atoms with Gasteiger partial charge in [0.05, 0.1) is 19.7 Å². The second-order valence-corrected chi connectivity index (χ2v) is 6.71. The van der Waals surface area contributed by atoms with Crippen molar-refractivity contribution in [2.24, 2.45) is 0 Å². The molecule has 26 heavy (non-hydrogen) atoms. The van der Waals surface area contributed by atoms with Crippen LogP contribution in [0.4, 0.5) is 0 Å². The Bertz CT molecular complexity index is 859. The Morgan fingerprint density at radius 1 is 1.23 bits per heavy atom. The number of pyridine rings is 1. The molecule has 1 aromatic heterocycles. The standard InChI is InChI=1S/C20H26N2O4/c1-4-15-6-5-9-22(15)19(23)8-7-13-10-14-11-17(25-2)18(26-3)12-16(14)21-20(13)24/h10-12,15H,4-9H2,1-3H3,(H,21,24). The second kappa shape index (κ2) is 7.81. The van der Waals surface area contributed by atoms with Gasteiger partial charge in [-0.15, -0.1) is 0 Å². The number of aromatic amines is 1. The van der Waals surface area contributed by atoms with Gasteiger partial charge in [0.1, 0.15) is 0 Å². The van der Waals surface area contributed by atoms with Crippen LogP contribution in [-0.2, 0) is 11.2 Å². The van der Waals surface area contributed by atoms with Gasteiger partial charge in [0.15, 0.2) is 11.5 Å². The zero-order chi connectivity index (χ0) is 18.7. The number of amides is 1. The lowest BCUT2D eigenvalue weighted by Crippen LogP contribution is -2.35. The topological polar surface area (TPSA) is 71.6 Å².